The molecule has 1 N–H and O–H groups in total. The summed E-state index contributed by atoms with van der Waals surface area (Å²) in [7, 11) is 0. The number of aryl methyl sites for hydroxylation is 2. The Morgan fingerprint density at radius 1 is 1.13 bits per heavy atom. The number of carboxylic acids is 1. The van der Waals surface area contributed by atoms with Gasteiger partial charge in [0.1, 0.15) is 0 Å². The van der Waals surface area contributed by atoms with Gasteiger partial charge in [0.25, 0.3) is 0 Å². The number of pyridine rings is 1. The van der Waals surface area contributed by atoms with E-state index in [4.69, 9.17) is 0 Å². The average molecular weight is 533 g/mol. The van der Waals surface area contributed by atoms with Gasteiger partial charge < -0.3 is 10.0 Å². The molecule has 1 amide bonds. The number of carbonyl (C=O) groups excluding carboxylic acids is 2. The zero-order valence-corrected chi connectivity index (χ0v) is 22.2. The molecule has 0 saturated carbocycles. The molecule has 1 aliphatic rings. The fourth-order valence-corrected chi connectivity index (χ4v) is 5.32. The average Bonchev–Trinajstić information content (AvgIpc) is 2.81. The van der Waals surface area contributed by atoms with Crippen molar-refractivity contribution in [1.29, 1.82) is 0 Å². The maximum absolute atomic E-state index is 13.6. The monoisotopic (exact) mass is 532 g/mol. The molecule has 1 aliphatic heterocycles. The van der Waals surface area contributed by atoms with Gasteiger partial charge in [-0.05, 0) is 60.9 Å². The van der Waals surface area contributed by atoms with Gasteiger partial charge in [-0.1, -0.05) is 32.0 Å². The van der Waals surface area contributed by atoms with Crippen LogP contribution in [0.4, 0.5) is 13.2 Å². The minimum Gasteiger partial charge on any atom is -0.481 e. The summed E-state index contributed by atoms with van der Waals surface area (Å²) in [4.78, 5) is 43.7. The van der Waals surface area contributed by atoms with Gasteiger partial charge in [0.15, 0.2) is 5.78 Å². The maximum atomic E-state index is 13.6. The molecule has 9 heteroatoms. The molecule has 6 nitrogen and oxygen atoms in total. The Morgan fingerprint density at radius 3 is 2.34 bits per heavy atom. The first-order valence-electron chi connectivity index (χ1n) is 12.9. The predicted octanol–water partition coefficient (Wildman–Crippen LogP) is 6.10. The van der Waals surface area contributed by atoms with Crippen molar-refractivity contribution in [2.45, 2.75) is 77.9 Å². The molecule has 0 bridgehead atoms. The summed E-state index contributed by atoms with van der Waals surface area (Å²) in [6.07, 6.45) is -2.32. The first-order chi connectivity index (χ1) is 17.8. The van der Waals surface area contributed by atoms with E-state index in [1.165, 1.54) is 4.90 Å². The van der Waals surface area contributed by atoms with E-state index < -0.39 is 42.4 Å². The quantitative estimate of drug-likeness (QED) is 0.400. The lowest BCUT2D eigenvalue weighted by Crippen LogP contribution is -2.51. The number of aromatic nitrogens is 1. The summed E-state index contributed by atoms with van der Waals surface area (Å²) in [5, 5.41) is 9.61. The number of nitrogens with zero attached hydrogens (tertiary/aromatic N) is 2. The number of amides is 1. The molecule has 206 valence electrons. The Bertz CT molecular complexity index is 1160. The van der Waals surface area contributed by atoms with Gasteiger partial charge in [0, 0.05) is 43.3 Å². The lowest BCUT2D eigenvalue weighted by molar-refractivity contribution is -0.191. The number of Topliss-reactive ketones (excluding diaryl/α,β-unsaturated/α-hetero) is 1. The second-order valence-corrected chi connectivity index (χ2v) is 10.7. The molecule has 0 spiro atoms. The summed E-state index contributed by atoms with van der Waals surface area (Å²) < 4.78 is 39.6. The van der Waals surface area contributed by atoms with Crippen molar-refractivity contribution in [3.63, 3.8) is 0 Å². The van der Waals surface area contributed by atoms with Crippen molar-refractivity contribution in [1.82, 2.24) is 9.88 Å². The van der Waals surface area contributed by atoms with Crippen molar-refractivity contribution in [2.24, 2.45) is 11.8 Å². The lowest BCUT2D eigenvalue weighted by atomic mass is 9.85. The van der Waals surface area contributed by atoms with Gasteiger partial charge in [-0.2, -0.15) is 13.2 Å². The number of piperidine rings is 1. The molecule has 2 aromatic rings. The first-order valence-corrected chi connectivity index (χ1v) is 12.9. The molecular weight excluding hydrogens is 497 g/mol. The molecule has 0 aliphatic carbocycles. The van der Waals surface area contributed by atoms with Crippen LogP contribution in [0.15, 0.2) is 36.7 Å². The predicted molar refractivity (Wildman–Crippen MR) is 137 cm³/mol. The Hall–Kier alpha value is -3.23. The number of alkyl halides is 3. The fourth-order valence-electron chi connectivity index (χ4n) is 5.32. The van der Waals surface area contributed by atoms with Crippen LogP contribution in [-0.2, 0) is 14.4 Å². The number of benzene rings is 1. The number of hydrogen-bond acceptors (Lipinski definition) is 4. The van der Waals surface area contributed by atoms with E-state index in [9.17, 15) is 32.7 Å². The van der Waals surface area contributed by atoms with Gasteiger partial charge in [0.05, 0.1) is 18.4 Å². The smallest absolute Gasteiger partial charge is 0.392 e. The third-order valence-corrected chi connectivity index (χ3v) is 7.23. The molecule has 38 heavy (non-hydrogen) atoms. The third-order valence-electron chi connectivity index (χ3n) is 7.23. The second kappa shape index (κ2) is 12.1. The van der Waals surface area contributed by atoms with Gasteiger partial charge >= 0.3 is 12.1 Å². The minimum atomic E-state index is -4.46. The molecule has 0 radical (unpaired) electrons. The van der Waals surface area contributed by atoms with Crippen LogP contribution in [-0.4, -0.2) is 51.4 Å². The van der Waals surface area contributed by atoms with E-state index in [1.54, 1.807) is 12.4 Å². The van der Waals surface area contributed by atoms with E-state index >= 15 is 0 Å². The van der Waals surface area contributed by atoms with Crippen molar-refractivity contribution in [3.8, 4) is 11.1 Å². The third kappa shape index (κ3) is 7.20. The number of halogens is 3. The highest BCUT2D eigenvalue weighted by Gasteiger charge is 2.46. The standard InChI is InChI=1S/C29H35F3N2O4/c1-17(2)10-24(34-9-8-23(14-26(34)36)29(30,31)32)25(35)12-20(13-27(37)38)21-11-22(16-33-15-21)28-18(3)6-5-7-19(28)4/h5-7,11,15-17,20,23-24H,8-10,12-14H2,1-4H3,(H,37,38)/t20-,23?,24-/m0/s1. The summed E-state index contributed by atoms with van der Waals surface area (Å²) in [5.74, 6) is -4.52. The van der Waals surface area contributed by atoms with Gasteiger partial charge in [-0.15, -0.1) is 0 Å². The molecular formula is C29H35F3N2O4. The highest BCUT2D eigenvalue weighted by molar-refractivity contribution is 5.90. The molecule has 1 fully saturated rings. The zero-order chi connectivity index (χ0) is 28.2. The van der Waals surface area contributed by atoms with Crippen LogP contribution in [0.5, 0.6) is 0 Å². The Labute approximate surface area is 221 Å². The Kier molecular flexibility index (Phi) is 9.33. The summed E-state index contributed by atoms with van der Waals surface area (Å²) in [6, 6.07) is 6.85. The topological polar surface area (TPSA) is 87.6 Å². The highest BCUT2D eigenvalue weighted by atomic mass is 19.4. The Morgan fingerprint density at radius 2 is 1.79 bits per heavy atom. The number of carbonyl (C=O) groups is 3. The van der Waals surface area contributed by atoms with Crippen molar-refractivity contribution < 1.29 is 32.7 Å². The minimum absolute atomic E-state index is 0.00374. The van der Waals surface area contributed by atoms with E-state index in [0.717, 1.165) is 22.3 Å². The maximum Gasteiger partial charge on any atom is 0.392 e. The van der Waals surface area contributed by atoms with Crippen LogP contribution in [0.3, 0.4) is 0 Å². The summed E-state index contributed by atoms with van der Waals surface area (Å²) in [6.45, 7) is 7.55. The molecule has 1 saturated heterocycles. The largest absolute Gasteiger partial charge is 0.481 e. The number of hydrogen-bond donors (Lipinski definition) is 1. The number of aliphatic carboxylic acids is 1. The normalized spacial score (nSPS) is 17.9. The molecule has 1 aromatic heterocycles. The SMILES string of the molecule is Cc1cccc(C)c1-c1cncc([C@H](CC(=O)O)CC(=O)[C@H](CC(C)C)N2CCC(C(F)(F)F)CC2=O)c1. The molecule has 3 atom stereocenters. The summed E-state index contributed by atoms with van der Waals surface area (Å²) >= 11 is 0. The first kappa shape index (κ1) is 29.3. The molecule has 3 rings (SSSR count). The number of carboxylic acid groups (broad SMARTS) is 1. The van der Waals surface area contributed by atoms with E-state index in [0.29, 0.717) is 12.0 Å². The summed E-state index contributed by atoms with van der Waals surface area (Å²) in [5.41, 5.74) is 4.45. The number of ketones is 1. The van der Waals surface area contributed by atoms with Crippen LogP contribution in [0.25, 0.3) is 11.1 Å². The van der Waals surface area contributed by atoms with Crippen LogP contribution in [0.2, 0.25) is 0 Å². The molecule has 1 aromatic carbocycles. The number of rotatable bonds is 10. The van der Waals surface area contributed by atoms with Crippen LogP contribution in [0.1, 0.15) is 68.6 Å². The number of likely N-dealkylation sites (tertiary alicyclic amines) is 1. The molecule has 2 heterocycles. The molecule has 1 unspecified atom stereocenters. The van der Waals surface area contributed by atoms with E-state index in [-0.39, 0.29) is 37.5 Å². The van der Waals surface area contributed by atoms with Crippen LogP contribution in [0, 0.1) is 25.7 Å². The fraction of sp³-hybridized carbons (Fsp3) is 0.517. The van der Waals surface area contributed by atoms with Crippen molar-refractivity contribution in [3.05, 3.63) is 53.3 Å². The highest BCUT2D eigenvalue weighted by Crippen LogP contribution is 2.37. The zero-order valence-electron chi connectivity index (χ0n) is 22.2. The van der Waals surface area contributed by atoms with Gasteiger partial charge in [0.2, 0.25) is 5.91 Å². The van der Waals surface area contributed by atoms with Crippen LogP contribution >= 0.6 is 0 Å². The van der Waals surface area contributed by atoms with Gasteiger partial charge in [-0.3, -0.25) is 19.4 Å². The van der Waals surface area contributed by atoms with Gasteiger partial charge in [-0.25, -0.2) is 0 Å². The van der Waals surface area contributed by atoms with Crippen molar-refractivity contribution in [2.75, 3.05) is 6.54 Å². The Balaban J connectivity index is 1.89. The lowest BCUT2D eigenvalue weighted by Gasteiger charge is -2.38. The van der Waals surface area contributed by atoms with Crippen LogP contribution < -0.4 is 0 Å². The van der Waals surface area contributed by atoms with E-state index in [2.05, 4.69) is 4.98 Å². The van der Waals surface area contributed by atoms with E-state index in [1.807, 2.05) is 52.0 Å². The second-order valence-electron chi connectivity index (χ2n) is 10.7. The van der Waals surface area contributed by atoms with Crippen molar-refractivity contribution >= 4 is 17.7 Å².